The molecular weight excluding hydrogens is 405 g/mol. The molecule has 0 radical (unpaired) electrons. The van der Waals surface area contributed by atoms with Crippen molar-refractivity contribution in [2.45, 2.75) is 30.2 Å². The summed E-state index contributed by atoms with van der Waals surface area (Å²) in [5.41, 5.74) is 2.49. The number of rotatable bonds is 5. The summed E-state index contributed by atoms with van der Waals surface area (Å²) in [6.07, 6.45) is 3.02. The van der Waals surface area contributed by atoms with E-state index in [9.17, 15) is 17.6 Å². The van der Waals surface area contributed by atoms with Crippen LogP contribution in [0.5, 0.6) is 0 Å². The lowest BCUT2D eigenvalue weighted by atomic mass is 9.88. The zero-order chi connectivity index (χ0) is 21.1. The molecular formula is C22H26FN3O3S. The summed E-state index contributed by atoms with van der Waals surface area (Å²) >= 11 is 0. The number of hydrogen-bond acceptors (Lipinski definition) is 4. The Morgan fingerprint density at radius 1 is 1.03 bits per heavy atom. The molecule has 0 bridgehead atoms. The third-order valence-corrected chi connectivity index (χ3v) is 7.79. The Bertz CT molecular complexity index is 1020. The van der Waals surface area contributed by atoms with Crippen molar-refractivity contribution in [3.8, 4) is 0 Å². The Labute approximate surface area is 176 Å². The van der Waals surface area contributed by atoms with E-state index in [4.69, 9.17) is 0 Å². The number of benzene rings is 2. The molecule has 2 aromatic carbocycles. The van der Waals surface area contributed by atoms with Crippen LogP contribution in [0.4, 0.5) is 4.39 Å². The highest BCUT2D eigenvalue weighted by molar-refractivity contribution is 7.89. The van der Waals surface area contributed by atoms with Gasteiger partial charge in [-0.1, -0.05) is 36.4 Å². The van der Waals surface area contributed by atoms with Gasteiger partial charge in [0.15, 0.2) is 0 Å². The average molecular weight is 432 g/mol. The zero-order valence-electron chi connectivity index (χ0n) is 16.8. The third kappa shape index (κ3) is 4.40. The second kappa shape index (κ2) is 8.83. The van der Waals surface area contributed by atoms with Gasteiger partial charge in [0.1, 0.15) is 10.7 Å². The fraction of sp³-hybridized carbons (Fsp3) is 0.409. The smallest absolute Gasteiger partial charge is 0.246 e. The molecule has 0 unspecified atom stereocenters. The van der Waals surface area contributed by atoms with E-state index in [-0.39, 0.29) is 36.5 Å². The molecule has 6 nitrogen and oxygen atoms in total. The molecule has 1 N–H and O–H groups in total. The molecule has 1 amide bonds. The zero-order valence-corrected chi connectivity index (χ0v) is 17.6. The van der Waals surface area contributed by atoms with Crippen LogP contribution in [0.3, 0.4) is 0 Å². The van der Waals surface area contributed by atoms with Gasteiger partial charge in [-0.25, -0.2) is 12.8 Å². The molecule has 1 aliphatic carbocycles. The minimum atomic E-state index is -3.87. The van der Waals surface area contributed by atoms with E-state index in [0.717, 1.165) is 25.3 Å². The first-order valence-electron chi connectivity index (χ1n) is 10.3. The number of halogens is 1. The lowest BCUT2D eigenvalue weighted by Gasteiger charge is -2.34. The maximum Gasteiger partial charge on any atom is 0.246 e. The van der Waals surface area contributed by atoms with Gasteiger partial charge in [0.05, 0.1) is 12.6 Å². The largest absolute Gasteiger partial charge is 0.348 e. The summed E-state index contributed by atoms with van der Waals surface area (Å²) in [4.78, 5) is 14.2. The monoisotopic (exact) mass is 431 g/mol. The molecule has 2 aromatic rings. The highest BCUT2D eigenvalue weighted by atomic mass is 32.2. The highest BCUT2D eigenvalue weighted by Gasteiger charge is 2.31. The second-order valence-electron chi connectivity index (χ2n) is 7.82. The molecule has 8 heteroatoms. The summed E-state index contributed by atoms with van der Waals surface area (Å²) in [6.45, 7) is 1.56. The SMILES string of the molecule is O=C(CN1CCN(S(=O)(=O)c2ccccc2F)CC1)N[C@@H]1CCCc2ccccc21. The van der Waals surface area contributed by atoms with Crippen LogP contribution in [0.25, 0.3) is 0 Å². The van der Waals surface area contributed by atoms with Crippen LogP contribution in [0.15, 0.2) is 53.4 Å². The quantitative estimate of drug-likeness (QED) is 0.789. The minimum Gasteiger partial charge on any atom is -0.348 e. The molecule has 0 spiro atoms. The highest BCUT2D eigenvalue weighted by Crippen LogP contribution is 2.29. The molecule has 30 heavy (non-hydrogen) atoms. The first-order chi connectivity index (χ1) is 14.4. The molecule has 1 aliphatic heterocycles. The Morgan fingerprint density at radius 3 is 2.50 bits per heavy atom. The summed E-state index contributed by atoms with van der Waals surface area (Å²) in [5, 5.41) is 3.14. The van der Waals surface area contributed by atoms with Gasteiger partial charge in [-0.2, -0.15) is 4.31 Å². The van der Waals surface area contributed by atoms with Gasteiger partial charge < -0.3 is 5.32 Å². The van der Waals surface area contributed by atoms with E-state index >= 15 is 0 Å². The molecule has 4 rings (SSSR count). The average Bonchev–Trinajstić information content (AvgIpc) is 2.74. The molecule has 1 atom stereocenters. The molecule has 1 heterocycles. The lowest BCUT2D eigenvalue weighted by molar-refractivity contribution is -0.123. The predicted molar refractivity (Wildman–Crippen MR) is 112 cm³/mol. The van der Waals surface area contributed by atoms with E-state index in [1.165, 1.54) is 33.6 Å². The standard InChI is InChI=1S/C22H26FN3O3S/c23-19-9-3-4-11-21(19)30(28,29)26-14-12-25(13-15-26)16-22(27)24-20-10-5-7-17-6-1-2-8-18(17)20/h1-4,6,8-9,11,20H,5,7,10,12-16H2,(H,24,27)/t20-/m1/s1. The van der Waals surface area contributed by atoms with Gasteiger partial charge >= 0.3 is 0 Å². The van der Waals surface area contributed by atoms with Crippen molar-refractivity contribution < 1.29 is 17.6 Å². The van der Waals surface area contributed by atoms with Crippen LogP contribution in [-0.4, -0.2) is 56.3 Å². The van der Waals surface area contributed by atoms with E-state index in [2.05, 4.69) is 17.4 Å². The molecule has 160 valence electrons. The van der Waals surface area contributed by atoms with Crippen molar-refractivity contribution in [3.63, 3.8) is 0 Å². The summed E-state index contributed by atoms with van der Waals surface area (Å²) < 4.78 is 40.6. The predicted octanol–water partition coefficient (Wildman–Crippen LogP) is 2.33. The number of carbonyl (C=O) groups excluding carboxylic acids is 1. The number of nitrogens with one attached hydrogen (secondary N) is 1. The second-order valence-corrected chi connectivity index (χ2v) is 9.73. The van der Waals surface area contributed by atoms with Crippen molar-refractivity contribution in [2.75, 3.05) is 32.7 Å². The minimum absolute atomic E-state index is 0.0326. The van der Waals surface area contributed by atoms with Gasteiger partial charge in [0.2, 0.25) is 15.9 Å². The van der Waals surface area contributed by atoms with Crippen LogP contribution in [0.2, 0.25) is 0 Å². The Hall–Kier alpha value is -2.29. The number of carbonyl (C=O) groups is 1. The fourth-order valence-corrected chi connectivity index (χ4v) is 5.76. The number of nitrogens with zero attached hydrogens (tertiary/aromatic N) is 2. The Balaban J connectivity index is 1.32. The summed E-state index contributed by atoms with van der Waals surface area (Å²) in [7, 11) is -3.87. The van der Waals surface area contributed by atoms with Crippen LogP contribution >= 0.6 is 0 Å². The third-order valence-electron chi connectivity index (χ3n) is 5.86. The molecule has 1 saturated heterocycles. The number of hydrogen-bond donors (Lipinski definition) is 1. The van der Waals surface area contributed by atoms with E-state index in [0.29, 0.717) is 13.1 Å². The topological polar surface area (TPSA) is 69.7 Å². The number of fused-ring (bicyclic) bond motifs is 1. The van der Waals surface area contributed by atoms with E-state index in [1.54, 1.807) is 0 Å². The maximum atomic E-state index is 13.9. The number of sulfonamides is 1. The fourth-order valence-electron chi connectivity index (χ4n) is 4.27. The number of amides is 1. The summed E-state index contributed by atoms with van der Waals surface area (Å²) in [5.74, 6) is -0.797. The summed E-state index contributed by atoms with van der Waals surface area (Å²) in [6, 6.07) is 13.7. The molecule has 1 fully saturated rings. The Kier molecular flexibility index (Phi) is 6.17. The van der Waals surface area contributed by atoms with Crippen molar-refractivity contribution in [1.29, 1.82) is 0 Å². The number of piperazine rings is 1. The van der Waals surface area contributed by atoms with Crippen LogP contribution in [0.1, 0.15) is 30.0 Å². The number of aryl methyl sites for hydroxylation is 1. The van der Waals surface area contributed by atoms with Crippen LogP contribution in [-0.2, 0) is 21.2 Å². The van der Waals surface area contributed by atoms with Crippen molar-refractivity contribution in [2.24, 2.45) is 0 Å². The molecule has 0 saturated carbocycles. The van der Waals surface area contributed by atoms with Crippen molar-refractivity contribution >= 4 is 15.9 Å². The van der Waals surface area contributed by atoms with E-state index in [1.807, 2.05) is 17.0 Å². The van der Waals surface area contributed by atoms with Crippen molar-refractivity contribution in [1.82, 2.24) is 14.5 Å². The van der Waals surface area contributed by atoms with Gasteiger partial charge in [0.25, 0.3) is 0 Å². The molecule has 0 aromatic heterocycles. The van der Waals surface area contributed by atoms with Gasteiger partial charge in [-0.05, 0) is 42.5 Å². The maximum absolute atomic E-state index is 13.9. The molecule has 2 aliphatic rings. The van der Waals surface area contributed by atoms with Gasteiger partial charge in [-0.3, -0.25) is 9.69 Å². The van der Waals surface area contributed by atoms with Gasteiger partial charge in [-0.15, -0.1) is 0 Å². The van der Waals surface area contributed by atoms with E-state index < -0.39 is 15.8 Å². The van der Waals surface area contributed by atoms with Crippen LogP contribution in [0, 0.1) is 5.82 Å². The normalized spacial score (nSPS) is 20.5. The Morgan fingerprint density at radius 2 is 1.73 bits per heavy atom. The first kappa shape index (κ1) is 21.0. The van der Waals surface area contributed by atoms with Gasteiger partial charge in [0, 0.05) is 26.2 Å². The first-order valence-corrected chi connectivity index (χ1v) is 11.7. The lowest BCUT2D eigenvalue weighted by Crippen LogP contribution is -2.51. The van der Waals surface area contributed by atoms with Crippen molar-refractivity contribution in [3.05, 3.63) is 65.5 Å². The van der Waals surface area contributed by atoms with Crippen LogP contribution < -0.4 is 5.32 Å².